The van der Waals surface area contributed by atoms with Crippen LogP contribution in [0.4, 0.5) is 0 Å². The summed E-state index contributed by atoms with van der Waals surface area (Å²) in [7, 11) is 0. The Bertz CT molecular complexity index is 892. The molecule has 0 aromatic heterocycles. The van der Waals surface area contributed by atoms with E-state index in [1.807, 2.05) is 0 Å². The summed E-state index contributed by atoms with van der Waals surface area (Å²) in [6.07, 6.45) is -0.957. The molecule has 0 aliphatic rings. The second kappa shape index (κ2) is 14.2. The highest BCUT2D eigenvalue weighted by Gasteiger charge is 2.26. The van der Waals surface area contributed by atoms with Crippen molar-refractivity contribution in [3.05, 3.63) is 35.9 Å². The van der Waals surface area contributed by atoms with Crippen LogP contribution in [0.3, 0.4) is 0 Å². The van der Waals surface area contributed by atoms with E-state index in [1.165, 1.54) is 0 Å². The predicted molar refractivity (Wildman–Crippen MR) is 118 cm³/mol. The highest BCUT2D eigenvalue weighted by Crippen LogP contribution is 2.04. The molecule has 0 radical (unpaired) electrons. The molecular formula is C21H29N5O8. The van der Waals surface area contributed by atoms with Gasteiger partial charge in [-0.15, -0.1) is 0 Å². The number of nitrogens with two attached hydrogens (primary N) is 2. The molecule has 4 amide bonds. The summed E-state index contributed by atoms with van der Waals surface area (Å²) in [6.45, 7) is -0.607. The fraction of sp³-hybridized carbons (Fsp3) is 0.429. The lowest BCUT2D eigenvalue weighted by Gasteiger charge is -2.20. The fourth-order valence-corrected chi connectivity index (χ4v) is 2.83. The lowest BCUT2D eigenvalue weighted by molar-refractivity contribution is -0.141. The number of hydrogen-bond acceptors (Lipinski definition) is 7. The number of carboxylic acids is 2. The third-order valence-corrected chi connectivity index (χ3v) is 4.66. The van der Waals surface area contributed by atoms with Crippen LogP contribution in [0, 0.1) is 0 Å². The highest BCUT2D eigenvalue weighted by atomic mass is 16.4. The minimum atomic E-state index is -1.32. The summed E-state index contributed by atoms with van der Waals surface area (Å²) in [4.78, 5) is 70.0. The number of aliphatic carboxylic acids is 2. The monoisotopic (exact) mass is 479 g/mol. The van der Waals surface area contributed by atoms with E-state index in [0.29, 0.717) is 5.56 Å². The van der Waals surface area contributed by atoms with E-state index in [2.05, 4.69) is 16.0 Å². The molecule has 0 aliphatic heterocycles. The van der Waals surface area contributed by atoms with Gasteiger partial charge in [0, 0.05) is 19.3 Å². The molecule has 1 aromatic rings. The number of rotatable bonds is 15. The molecule has 13 nitrogen and oxygen atoms in total. The first-order valence-electron chi connectivity index (χ1n) is 10.4. The van der Waals surface area contributed by atoms with Crippen molar-refractivity contribution in [2.45, 2.75) is 50.2 Å². The van der Waals surface area contributed by atoms with Crippen molar-refractivity contribution in [1.29, 1.82) is 0 Å². The number of nitrogens with one attached hydrogen (secondary N) is 3. The topological polar surface area (TPSA) is 231 Å². The zero-order chi connectivity index (χ0) is 25.7. The van der Waals surface area contributed by atoms with Crippen LogP contribution < -0.4 is 27.4 Å². The van der Waals surface area contributed by atoms with Gasteiger partial charge in [0.05, 0.1) is 12.6 Å². The maximum atomic E-state index is 12.5. The van der Waals surface area contributed by atoms with E-state index in [4.69, 9.17) is 16.6 Å². The third-order valence-electron chi connectivity index (χ3n) is 4.66. The summed E-state index contributed by atoms with van der Waals surface area (Å²) >= 11 is 0. The number of primary amides is 1. The van der Waals surface area contributed by atoms with E-state index in [9.17, 15) is 33.9 Å². The number of carboxylic acid groups (broad SMARTS) is 2. The zero-order valence-corrected chi connectivity index (χ0v) is 18.4. The molecule has 0 fully saturated rings. The first-order valence-corrected chi connectivity index (χ1v) is 10.4. The molecule has 3 atom stereocenters. The minimum absolute atomic E-state index is 0.0242. The molecule has 186 valence electrons. The van der Waals surface area contributed by atoms with Gasteiger partial charge in [0.2, 0.25) is 23.6 Å². The Morgan fingerprint density at radius 1 is 0.853 bits per heavy atom. The quantitative estimate of drug-likeness (QED) is 0.145. The fourth-order valence-electron chi connectivity index (χ4n) is 2.83. The van der Waals surface area contributed by atoms with Crippen LogP contribution in [-0.4, -0.2) is 70.5 Å². The van der Waals surface area contributed by atoms with Gasteiger partial charge < -0.3 is 37.6 Å². The lowest BCUT2D eigenvalue weighted by atomic mass is 10.1. The Morgan fingerprint density at radius 3 is 2.06 bits per heavy atom. The van der Waals surface area contributed by atoms with Gasteiger partial charge in [-0.1, -0.05) is 30.3 Å². The molecule has 0 spiro atoms. The molecule has 1 aromatic carbocycles. The van der Waals surface area contributed by atoms with Gasteiger partial charge in [-0.3, -0.25) is 24.0 Å². The third kappa shape index (κ3) is 11.0. The number of benzene rings is 1. The second-order valence-corrected chi connectivity index (χ2v) is 7.47. The van der Waals surface area contributed by atoms with Crippen molar-refractivity contribution >= 4 is 35.6 Å². The Labute approximate surface area is 195 Å². The molecule has 1 rings (SSSR count). The smallest absolute Gasteiger partial charge is 0.326 e. The molecule has 0 saturated carbocycles. The Balaban J connectivity index is 2.68. The van der Waals surface area contributed by atoms with Crippen LogP contribution in [0.2, 0.25) is 0 Å². The Morgan fingerprint density at radius 2 is 1.50 bits per heavy atom. The van der Waals surface area contributed by atoms with Crippen molar-refractivity contribution in [3.8, 4) is 0 Å². The van der Waals surface area contributed by atoms with Gasteiger partial charge in [-0.05, 0) is 18.4 Å². The van der Waals surface area contributed by atoms with Crippen molar-refractivity contribution in [3.63, 3.8) is 0 Å². The van der Waals surface area contributed by atoms with Gasteiger partial charge >= 0.3 is 11.9 Å². The lowest BCUT2D eigenvalue weighted by Crippen LogP contribution is -2.53. The van der Waals surface area contributed by atoms with Gasteiger partial charge in [0.1, 0.15) is 12.1 Å². The van der Waals surface area contributed by atoms with Gasteiger partial charge in [-0.25, -0.2) is 4.79 Å². The summed E-state index contributed by atoms with van der Waals surface area (Å²) in [5.41, 5.74) is 11.3. The molecule has 0 bridgehead atoms. The van der Waals surface area contributed by atoms with Crippen LogP contribution >= 0.6 is 0 Å². The summed E-state index contributed by atoms with van der Waals surface area (Å²) in [5, 5.41) is 25.1. The number of carbonyl (C=O) groups excluding carboxylic acids is 4. The van der Waals surface area contributed by atoms with E-state index in [0.717, 1.165) is 0 Å². The molecular weight excluding hydrogens is 450 g/mol. The van der Waals surface area contributed by atoms with Crippen LogP contribution in [0.15, 0.2) is 30.3 Å². The van der Waals surface area contributed by atoms with E-state index in [1.54, 1.807) is 30.3 Å². The Kier molecular flexibility index (Phi) is 11.7. The summed E-state index contributed by atoms with van der Waals surface area (Å²) in [5.74, 6) is -5.60. The molecule has 13 heteroatoms. The second-order valence-electron chi connectivity index (χ2n) is 7.47. The summed E-state index contributed by atoms with van der Waals surface area (Å²) in [6, 6.07) is 4.89. The highest BCUT2D eigenvalue weighted by molar-refractivity contribution is 5.93. The maximum Gasteiger partial charge on any atom is 0.326 e. The predicted octanol–water partition coefficient (Wildman–Crippen LogP) is -2.14. The molecule has 3 unspecified atom stereocenters. The number of amides is 4. The van der Waals surface area contributed by atoms with E-state index >= 15 is 0 Å². The molecule has 0 aliphatic carbocycles. The maximum absolute atomic E-state index is 12.5. The van der Waals surface area contributed by atoms with Crippen molar-refractivity contribution in [2.75, 3.05) is 6.54 Å². The van der Waals surface area contributed by atoms with Gasteiger partial charge in [-0.2, -0.15) is 0 Å². The van der Waals surface area contributed by atoms with Gasteiger partial charge in [0.15, 0.2) is 0 Å². The average Bonchev–Trinajstić information content (AvgIpc) is 2.78. The van der Waals surface area contributed by atoms with E-state index < -0.39 is 66.7 Å². The SMILES string of the molecule is NC(=O)CCC(N)C(=O)NC(CCC(=O)O)C(=O)NCC(=O)NC(Cc1ccccc1)C(=O)O. The minimum Gasteiger partial charge on any atom is -0.481 e. The van der Waals surface area contributed by atoms with Gasteiger partial charge in [0.25, 0.3) is 0 Å². The van der Waals surface area contributed by atoms with Crippen molar-refractivity contribution in [2.24, 2.45) is 11.5 Å². The first-order chi connectivity index (χ1) is 16.0. The van der Waals surface area contributed by atoms with Crippen LogP contribution in [0.25, 0.3) is 0 Å². The summed E-state index contributed by atoms with van der Waals surface area (Å²) < 4.78 is 0. The van der Waals surface area contributed by atoms with Crippen LogP contribution in [0.5, 0.6) is 0 Å². The largest absolute Gasteiger partial charge is 0.481 e. The number of hydrogen-bond donors (Lipinski definition) is 7. The van der Waals surface area contributed by atoms with E-state index in [-0.39, 0.29) is 25.7 Å². The molecule has 0 saturated heterocycles. The molecule has 9 N–H and O–H groups in total. The normalized spacial score (nSPS) is 13.1. The number of carbonyl (C=O) groups is 6. The van der Waals surface area contributed by atoms with Crippen molar-refractivity contribution < 1.29 is 39.0 Å². The van der Waals surface area contributed by atoms with Crippen LogP contribution in [-0.2, 0) is 35.2 Å². The van der Waals surface area contributed by atoms with Crippen molar-refractivity contribution in [1.82, 2.24) is 16.0 Å². The standard InChI is InChI=1S/C21H29N5O8/c22-13(6-8-16(23)27)19(31)26-14(7-9-18(29)30)20(32)24-11-17(28)25-15(21(33)34)10-12-4-2-1-3-5-12/h1-5,13-15H,6-11,22H2,(H2,23,27)(H,24,32)(H,25,28)(H,26,31)(H,29,30)(H,33,34). The Hall–Kier alpha value is -4.00. The first kappa shape index (κ1) is 28.0. The van der Waals surface area contributed by atoms with Crippen LogP contribution in [0.1, 0.15) is 31.2 Å². The molecule has 0 heterocycles. The molecule has 34 heavy (non-hydrogen) atoms. The zero-order valence-electron chi connectivity index (χ0n) is 18.4. The average molecular weight is 479 g/mol.